The minimum Gasteiger partial charge on any atom is -0.355 e. The van der Waals surface area contributed by atoms with Crippen LogP contribution < -0.4 is 5.32 Å². The molecule has 0 radical (unpaired) electrons. The van der Waals surface area contributed by atoms with E-state index < -0.39 is 11.9 Å². The third kappa shape index (κ3) is 3.52. The van der Waals surface area contributed by atoms with E-state index >= 15 is 0 Å². The average molecular weight is 379 g/mol. The lowest BCUT2D eigenvalue weighted by Gasteiger charge is -2.17. The van der Waals surface area contributed by atoms with Crippen molar-refractivity contribution in [3.8, 4) is 23.0 Å². The van der Waals surface area contributed by atoms with Crippen LogP contribution in [0, 0.1) is 5.92 Å². The number of hydrogen-bond acceptors (Lipinski definition) is 8. The number of nitrogens with zero attached hydrogens (tertiary/aromatic N) is 5. The first kappa shape index (κ1) is 17.6. The molecule has 142 valence electrons. The third-order valence-electron chi connectivity index (χ3n) is 4.09. The first-order valence-corrected chi connectivity index (χ1v) is 8.64. The number of carbonyl (C=O) groups excluding carboxylic acids is 1. The molecule has 28 heavy (non-hydrogen) atoms. The molecule has 3 aromatic heterocycles. The fraction of sp³-hybridized carbons (Fsp3) is 0.222. The average Bonchev–Trinajstić information content (AvgIpc) is 3.47. The molecule has 1 aromatic carbocycles. The van der Waals surface area contributed by atoms with Gasteiger partial charge in [0.05, 0.1) is 0 Å². The minimum atomic E-state index is -0.506. The summed E-state index contributed by atoms with van der Waals surface area (Å²) in [7, 11) is 0. The highest BCUT2D eigenvalue weighted by atomic mass is 16.5. The number of carbonyl (C=O) groups is 1. The number of amides is 1. The lowest BCUT2D eigenvalue weighted by atomic mass is 10.0. The Balaban J connectivity index is 1.52. The van der Waals surface area contributed by atoms with Crippen molar-refractivity contribution in [2.45, 2.75) is 19.9 Å². The van der Waals surface area contributed by atoms with Crippen molar-refractivity contribution in [3.05, 3.63) is 54.3 Å². The summed E-state index contributed by atoms with van der Waals surface area (Å²) in [5.41, 5.74) is 1.00. The van der Waals surface area contributed by atoms with Crippen molar-refractivity contribution >= 4 is 5.91 Å². The normalized spacial score (nSPS) is 12.2. The van der Waals surface area contributed by atoms with Gasteiger partial charge in [0.15, 0.2) is 17.3 Å². The molecule has 2 N–H and O–H groups in total. The smallest absolute Gasteiger partial charge is 0.274 e. The van der Waals surface area contributed by atoms with Gasteiger partial charge in [0, 0.05) is 11.6 Å². The summed E-state index contributed by atoms with van der Waals surface area (Å²) in [6.45, 7) is 3.86. The molecule has 0 saturated carbocycles. The van der Waals surface area contributed by atoms with Gasteiger partial charge in [-0.15, -0.1) is 0 Å². The molecular weight excluding hydrogens is 362 g/mol. The second-order valence-corrected chi connectivity index (χ2v) is 6.43. The Kier molecular flexibility index (Phi) is 4.67. The zero-order valence-electron chi connectivity index (χ0n) is 15.2. The van der Waals surface area contributed by atoms with Gasteiger partial charge in [0.2, 0.25) is 11.7 Å². The minimum absolute atomic E-state index is 0.00697. The van der Waals surface area contributed by atoms with Gasteiger partial charge in [-0.25, -0.2) is 4.98 Å². The Morgan fingerprint density at radius 1 is 1.14 bits per heavy atom. The number of H-pyrrole nitrogens is 1. The second-order valence-electron chi connectivity index (χ2n) is 6.43. The summed E-state index contributed by atoms with van der Waals surface area (Å²) in [5, 5.41) is 17.0. The van der Waals surface area contributed by atoms with Gasteiger partial charge in [0.1, 0.15) is 12.4 Å². The molecule has 10 nitrogen and oxygen atoms in total. The number of aromatic amines is 1. The van der Waals surface area contributed by atoms with Crippen LogP contribution in [0.5, 0.6) is 0 Å². The predicted molar refractivity (Wildman–Crippen MR) is 96.7 cm³/mol. The van der Waals surface area contributed by atoms with Crippen LogP contribution >= 0.6 is 0 Å². The molecule has 0 spiro atoms. The topological polar surface area (TPSA) is 136 Å². The second kappa shape index (κ2) is 7.43. The van der Waals surface area contributed by atoms with Gasteiger partial charge in [-0.1, -0.05) is 54.5 Å². The Bertz CT molecular complexity index is 1050. The lowest BCUT2D eigenvalue weighted by molar-refractivity contribution is 0.0904. The van der Waals surface area contributed by atoms with E-state index in [1.54, 1.807) is 6.07 Å². The quantitative estimate of drug-likeness (QED) is 0.522. The maximum absolute atomic E-state index is 12.7. The zero-order chi connectivity index (χ0) is 19.5. The van der Waals surface area contributed by atoms with Crippen molar-refractivity contribution < 1.29 is 13.8 Å². The van der Waals surface area contributed by atoms with E-state index in [1.165, 1.54) is 6.33 Å². The molecule has 0 fully saturated rings. The SMILES string of the molecule is CC(C)[C@@H](NC(=O)c1cc(-c2ccccc2)on1)c1nc(-c2ncn[nH]2)no1. The molecule has 1 amide bonds. The van der Waals surface area contributed by atoms with Crippen LogP contribution in [0.1, 0.15) is 36.3 Å². The fourth-order valence-corrected chi connectivity index (χ4v) is 2.62. The number of aromatic nitrogens is 6. The number of hydrogen-bond donors (Lipinski definition) is 2. The van der Waals surface area contributed by atoms with Gasteiger partial charge in [0.25, 0.3) is 5.91 Å². The highest BCUT2D eigenvalue weighted by molar-refractivity contribution is 5.93. The molecule has 4 rings (SSSR count). The highest BCUT2D eigenvalue weighted by Crippen LogP contribution is 2.24. The van der Waals surface area contributed by atoms with Crippen LogP contribution in [0.4, 0.5) is 0 Å². The summed E-state index contributed by atoms with van der Waals surface area (Å²) < 4.78 is 10.6. The Morgan fingerprint density at radius 2 is 1.96 bits per heavy atom. The lowest BCUT2D eigenvalue weighted by Crippen LogP contribution is -2.32. The fourth-order valence-electron chi connectivity index (χ4n) is 2.62. The summed E-state index contributed by atoms with van der Waals surface area (Å²) in [4.78, 5) is 20.9. The van der Waals surface area contributed by atoms with Crippen LogP contribution in [-0.4, -0.2) is 36.4 Å². The maximum atomic E-state index is 12.7. The molecular formula is C18H17N7O3. The van der Waals surface area contributed by atoms with Gasteiger partial charge < -0.3 is 14.4 Å². The van der Waals surface area contributed by atoms with E-state index in [4.69, 9.17) is 9.05 Å². The standard InChI is InChI=1S/C18H17N7O3/c1-10(2)14(18-22-16(25-28-18)15-19-9-20-23-15)21-17(26)12-8-13(27-24-12)11-6-4-3-5-7-11/h3-10,14H,1-2H3,(H,21,26)(H,19,20,23)/t14-/m1/s1. The third-order valence-corrected chi connectivity index (χ3v) is 4.09. The first-order chi connectivity index (χ1) is 13.6. The molecule has 0 unspecified atom stereocenters. The Morgan fingerprint density at radius 3 is 2.68 bits per heavy atom. The van der Waals surface area contributed by atoms with Crippen LogP contribution in [0.15, 0.2) is 51.8 Å². The van der Waals surface area contributed by atoms with Gasteiger partial charge in [-0.05, 0) is 5.92 Å². The molecule has 1 atom stereocenters. The largest absolute Gasteiger partial charge is 0.355 e. The molecule has 4 aromatic rings. The van der Waals surface area contributed by atoms with E-state index in [0.29, 0.717) is 11.6 Å². The first-order valence-electron chi connectivity index (χ1n) is 8.64. The maximum Gasteiger partial charge on any atom is 0.274 e. The van der Waals surface area contributed by atoms with Crippen molar-refractivity contribution in [3.63, 3.8) is 0 Å². The summed E-state index contributed by atoms with van der Waals surface area (Å²) in [5.74, 6) is 1.02. The van der Waals surface area contributed by atoms with Crippen molar-refractivity contribution in [2.75, 3.05) is 0 Å². The highest BCUT2D eigenvalue weighted by Gasteiger charge is 2.27. The van der Waals surface area contributed by atoms with Gasteiger partial charge in [-0.3, -0.25) is 9.89 Å². The Hall–Kier alpha value is -3.82. The molecule has 0 aliphatic rings. The van der Waals surface area contributed by atoms with Gasteiger partial charge >= 0.3 is 0 Å². The van der Waals surface area contributed by atoms with Gasteiger partial charge in [-0.2, -0.15) is 10.1 Å². The number of rotatable bonds is 6. The number of nitrogens with one attached hydrogen (secondary N) is 2. The van der Waals surface area contributed by atoms with E-state index in [0.717, 1.165) is 5.56 Å². The molecule has 0 aliphatic carbocycles. The van der Waals surface area contributed by atoms with Crippen LogP contribution in [0.25, 0.3) is 23.0 Å². The zero-order valence-corrected chi connectivity index (χ0v) is 15.2. The van der Waals surface area contributed by atoms with E-state index in [-0.39, 0.29) is 23.3 Å². The van der Waals surface area contributed by atoms with Crippen LogP contribution in [-0.2, 0) is 0 Å². The van der Waals surface area contributed by atoms with Crippen molar-refractivity contribution in [1.82, 2.24) is 35.8 Å². The van der Waals surface area contributed by atoms with E-state index in [9.17, 15) is 4.79 Å². The predicted octanol–water partition coefficient (Wildman–Crippen LogP) is 2.64. The van der Waals surface area contributed by atoms with Crippen LogP contribution in [0.3, 0.4) is 0 Å². The summed E-state index contributed by atoms with van der Waals surface area (Å²) in [6, 6.07) is 10.5. The molecule has 3 heterocycles. The van der Waals surface area contributed by atoms with Crippen molar-refractivity contribution in [2.24, 2.45) is 5.92 Å². The molecule has 10 heteroatoms. The Labute approximate surface area is 159 Å². The summed E-state index contributed by atoms with van der Waals surface area (Å²) >= 11 is 0. The summed E-state index contributed by atoms with van der Waals surface area (Å²) in [6.07, 6.45) is 1.35. The van der Waals surface area contributed by atoms with Crippen molar-refractivity contribution in [1.29, 1.82) is 0 Å². The monoisotopic (exact) mass is 379 g/mol. The molecule has 0 saturated heterocycles. The molecule has 0 aliphatic heterocycles. The van der Waals surface area contributed by atoms with E-state index in [2.05, 4.69) is 35.8 Å². The number of benzene rings is 1. The van der Waals surface area contributed by atoms with Crippen LogP contribution in [0.2, 0.25) is 0 Å². The molecule has 0 bridgehead atoms. The van der Waals surface area contributed by atoms with E-state index in [1.807, 2.05) is 44.2 Å².